The number of hydrogen-bond donors (Lipinski definition) is 1. The van der Waals surface area contributed by atoms with E-state index in [1.807, 2.05) is 0 Å². The van der Waals surface area contributed by atoms with Gasteiger partial charge >= 0.3 is 0 Å². The Labute approximate surface area is 153 Å². The maximum absolute atomic E-state index is 14.9. The molecule has 1 atom stereocenters. The summed E-state index contributed by atoms with van der Waals surface area (Å²) in [7, 11) is 0. The fraction of sp³-hybridized carbons (Fsp3) is 0.188. The van der Waals surface area contributed by atoms with E-state index in [-0.39, 0.29) is 27.7 Å². The van der Waals surface area contributed by atoms with Crippen molar-refractivity contribution in [2.75, 3.05) is 6.54 Å². The number of carbonyl (C=O) groups is 1. The van der Waals surface area contributed by atoms with E-state index in [2.05, 4.69) is 5.32 Å². The van der Waals surface area contributed by atoms with Crippen molar-refractivity contribution in [1.82, 2.24) is 5.32 Å². The quantitative estimate of drug-likeness (QED) is 0.685. The third-order valence-corrected chi connectivity index (χ3v) is 4.35. The molecule has 23 heavy (non-hydrogen) atoms. The molecule has 1 N–H and O–H groups in total. The highest BCUT2D eigenvalue weighted by molar-refractivity contribution is 6.37. The summed E-state index contributed by atoms with van der Waals surface area (Å²) < 4.78 is 14.9. The number of benzene rings is 2. The van der Waals surface area contributed by atoms with Gasteiger partial charge in [-0.15, -0.1) is 0 Å². The van der Waals surface area contributed by atoms with E-state index in [1.165, 1.54) is 37.3 Å². The normalized spacial score (nSPS) is 13.5. The van der Waals surface area contributed by atoms with Gasteiger partial charge in [0.2, 0.25) is 0 Å². The van der Waals surface area contributed by atoms with Crippen molar-refractivity contribution in [3.63, 3.8) is 0 Å². The van der Waals surface area contributed by atoms with Crippen molar-refractivity contribution in [2.45, 2.75) is 12.6 Å². The van der Waals surface area contributed by atoms with Crippen LogP contribution in [0.3, 0.4) is 0 Å². The lowest BCUT2D eigenvalue weighted by Gasteiger charge is -2.23. The van der Waals surface area contributed by atoms with Crippen LogP contribution in [0, 0.1) is 0 Å². The maximum Gasteiger partial charge on any atom is 0.252 e. The molecule has 0 heterocycles. The monoisotopic (exact) mass is 393 g/mol. The fourth-order valence-electron chi connectivity index (χ4n) is 2.02. The molecule has 0 aliphatic heterocycles. The zero-order valence-electron chi connectivity index (χ0n) is 12.0. The van der Waals surface area contributed by atoms with Crippen molar-refractivity contribution in [3.8, 4) is 0 Å². The van der Waals surface area contributed by atoms with Crippen molar-refractivity contribution in [3.05, 3.63) is 67.6 Å². The summed E-state index contributed by atoms with van der Waals surface area (Å²) in [5.74, 6) is -0.499. The number of rotatable bonds is 4. The van der Waals surface area contributed by atoms with Gasteiger partial charge < -0.3 is 5.32 Å². The molecule has 0 saturated carbocycles. The first-order valence-electron chi connectivity index (χ1n) is 6.58. The Kier molecular flexibility index (Phi) is 5.79. The van der Waals surface area contributed by atoms with Crippen LogP contribution >= 0.6 is 46.4 Å². The summed E-state index contributed by atoms with van der Waals surface area (Å²) in [6.07, 6.45) is 0. The first kappa shape index (κ1) is 18.3. The van der Waals surface area contributed by atoms with E-state index in [1.54, 1.807) is 6.07 Å². The molecule has 0 fully saturated rings. The minimum Gasteiger partial charge on any atom is -0.348 e. The molecule has 0 bridgehead atoms. The average molecular weight is 395 g/mol. The second-order valence-electron chi connectivity index (χ2n) is 5.13. The highest BCUT2D eigenvalue weighted by atomic mass is 35.5. The van der Waals surface area contributed by atoms with Gasteiger partial charge in [0, 0.05) is 20.6 Å². The Morgan fingerprint density at radius 2 is 1.61 bits per heavy atom. The van der Waals surface area contributed by atoms with E-state index in [0.717, 1.165) is 0 Å². The number of alkyl halides is 1. The van der Waals surface area contributed by atoms with Crippen LogP contribution in [0.4, 0.5) is 4.39 Å². The Bertz CT molecular complexity index is 749. The number of amides is 1. The molecule has 0 unspecified atom stereocenters. The molecular formula is C16H12Cl4FNO. The molecule has 0 aromatic heterocycles. The molecule has 0 saturated heterocycles. The highest BCUT2D eigenvalue weighted by Gasteiger charge is 2.29. The van der Waals surface area contributed by atoms with E-state index in [9.17, 15) is 9.18 Å². The van der Waals surface area contributed by atoms with Crippen molar-refractivity contribution < 1.29 is 9.18 Å². The molecule has 0 radical (unpaired) electrons. The zero-order chi connectivity index (χ0) is 17.2. The second kappa shape index (κ2) is 7.27. The smallest absolute Gasteiger partial charge is 0.252 e. The third-order valence-electron chi connectivity index (χ3n) is 3.25. The fourth-order valence-corrected chi connectivity index (χ4v) is 3.12. The van der Waals surface area contributed by atoms with Gasteiger partial charge in [-0.05, 0) is 37.3 Å². The predicted molar refractivity (Wildman–Crippen MR) is 93.7 cm³/mol. The molecule has 122 valence electrons. The molecule has 2 aromatic carbocycles. The second-order valence-corrected chi connectivity index (χ2v) is 6.82. The number of hydrogen-bond acceptors (Lipinski definition) is 1. The van der Waals surface area contributed by atoms with Crippen molar-refractivity contribution in [1.29, 1.82) is 0 Å². The van der Waals surface area contributed by atoms with Gasteiger partial charge in [0.1, 0.15) is 0 Å². The summed E-state index contributed by atoms with van der Waals surface area (Å²) >= 11 is 23.6. The number of carbonyl (C=O) groups excluding carboxylic acids is 1. The van der Waals surface area contributed by atoms with E-state index >= 15 is 0 Å². The molecule has 2 aromatic rings. The van der Waals surface area contributed by atoms with Crippen LogP contribution in [-0.2, 0) is 5.67 Å². The Balaban J connectivity index is 2.13. The van der Waals surface area contributed by atoms with Crippen molar-refractivity contribution in [2.24, 2.45) is 0 Å². The first-order chi connectivity index (χ1) is 10.7. The molecule has 2 rings (SSSR count). The van der Waals surface area contributed by atoms with Gasteiger partial charge in [0.25, 0.3) is 5.91 Å². The average Bonchev–Trinajstić information content (AvgIpc) is 2.44. The van der Waals surface area contributed by atoms with Crippen molar-refractivity contribution >= 4 is 52.3 Å². The SMILES string of the molecule is C[C@@](F)(CNC(=O)c1ccc(Cl)cc1Cl)c1ccc(Cl)cc1Cl. The Morgan fingerprint density at radius 1 is 1.04 bits per heavy atom. The highest BCUT2D eigenvalue weighted by Crippen LogP contribution is 2.33. The van der Waals surface area contributed by atoms with Crippen LogP contribution in [0.15, 0.2) is 36.4 Å². The summed E-state index contributed by atoms with van der Waals surface area (Å²) in [5.41, 5.74) is -1.41. The molecule has 2 nitrogen and oxygen atoms in total. The van der Waals surface area contributed by atoms with Crippen LogP contribution in [-0.4, -0.2) is 12.5 Å². The summed E-state index contributed by atoms with van der Waals surface area (Å²) in [4.78, 5) is 12.1. The van der Waals surface area contributed by atoms with Crippen LogP contribution in [0.1, 0.15) is 22.8 Å². The zero-order valence-corrected chi connectivity index (χ0v) is 15.0. The largest absolute Gasteiger partial charge is 0.348 e. The Hall–Kier alpha value is -1.000. The molecule has 1 amide bonds. The van der Waals surface area contributed by atoms with Gasteiger partial charge in [0.05, 0.1) is 17.1 Å². The van der Waals surface area contributed by atoms with E-state index in [0.29, 0.717) is 10.0 Å². The molecule has 7 heteroatoms. The van der Waals surface area contributed by atoms with E-state index in [4.69, 9.17) is 46.4 Å². The van der Waals surface area contributed by atoms with Crippen LogP contribution in [0.5, 0.6) is 0 Å². The van der Waals surface area contributed by atoms with Crippen LogP contribution < -0.4 is 5.32 Å². The van der Waals surface area contributed by atoms with Gasteiger partial charge in [-0.25, -0.2) is 4.39 Å². The topological polar surface area (TPSA) is 29.1 Å². The summed E-state index contributed by atoms with van der Waals surface area (Å²) in [6.45, 7) is 1.05. The molecule has 0 spiro atoms. The van der Waals surface area contributed by atoms with Gasteiger partial charge in [-0.2, -0.15) is 0 Å². The minimum atomic E-state index is -1.86. The van der Waals surface area contributed by atoms with Gasteiger partial charge in [0.15, 0.2) is 5.67 Å². The minimum absolute atomic E-state index is 0.195. The van der Waals surface area contributed by atoms with E-state index < -0.39 is 11.6 Å². The molecular weight excluding hydrogens is 383 g/mol. The lowest BCUT2D eigenvalue weighted by Crippen LogP contribution is -2.36. The molecule has 0 aliphatic rings. The van der Waals surface area contributed by atoms with Crippen LogP contribution in [0.25, 0.3) is 0 Å². The predicted octanol–water partition coefficient (Wildman–Crippen LogP) is 5.91. The molecule has 0 aliphatic carbocycles. The lowest BCUT2D eigenvalue weighted by atomic mass is 9.97. The standard InChI is InChI=1S/C16H12Cl4FNO/c1-16(21,12-5-3-10(18)7-14(12)20)8-22-15(23)11-4-2-9(17)6-13(11)19/h2-7H,8H2,1H3,(H,22,23)/t16-/m1/s1. The first-order valence-corrected chi connectivity index (χ1v) is 8.09. The lowest BCUT2D eigenvalue weighted by molar-refractivity contribution is 0.0910. The summed E-state index contributed by atoms with van der Waals surface area (Å²) in [5, 5.41) is 3.72. The van der Waals surface area contributed by atoms with Crippen LogP contribution in [0.2, 0.25) is 20.1 Å². The number of halogens is 5. The van der Waals surface area contributed by atoms with Gasteiger partial charge in [-0.3, -0.25) is 4.79 Å². The van der Waals surface area contributed by atoms with Gasteiger partial charge in [-0.1, -0.05) is 52.5 Å². The third kappa shape index (κ3) is 4.51. The Morgan fingerprint density at radius 3 is 2.17 bits per heavy atom. The number of nitrogens with one attached hydrogen (secondary N) is 1. The summed E-state index contributed by atoms with van der Waals surface area (Å²) in [6, 6.07) is 8.94. The maximum atomic E-state index is 14.9.